The third-order valence-electron chi connectivity index (χ3n) is 5.07. The van der Waals surface area contributed by atoms with Gasteiger partial charge in [0, 0.05) is 5.56 Å². The van der Waals surface area contributed by atoms with E-state index in [0.29, 0.717) is 24.4 Å². The van der Waals surface area contributed by atoms with Crippen LogP contribution in [0, 0.1) is 12.7 Å². The smallest absolute Gasteiger partial charge is 0.255 e. The van der Waals surface area contributed by atoms with Crippen LogP contribution in [-0.4, -0.2) is 59.0 Å². The number of sulfonamides is 1. The van der Waals surface area contributed by atoms with Crippen molar-refractivity contribution in [2.75, 3.05) is 45.7 Å². The highest BCUT2D eigenvalue weighted by atomic mass is 32.2. The van der Waals surface area contributed by atoms with E-state index < -0.39 is 21.7 Å². The van der Waals surface area contributed by atoms with E-state index in [1.165, 1.54) is 46.6 Å². The van der Waals surface area contributed by atoms with Crippen LogP contribution < -0.4 is 15.0 Å². The summed E-state index contributed by atoms with van der Waals surface area (Å²) in [7, 11) is -0.241. The Hall–Kier alpha value is -2.49. The van der Waals surface area contributed by atoms with Crippen LogP contribution in [0.5, 0.6) is 5.75 Å². The first kappa shape index (κ1) is 21.2. The Morgan fingerprint density at radius 3 is 2.48 bits per heavy atom. The Labute approximate surface area is 170 Å². The highest BCUT2D eigenvalue weighted by Crippen LogP contribution is 2.29. The number of nitrogens with zero attached hydrogens (tertiary/aromatic N) is 1. The summed E-state index contributed by atoms with van der Waals surface area (Å²) in [6.07, 6.45) is 0. The molecule has 1 aliphatic heterocycles. The number of aryl methyl sites for hydroxylation is 1. The normalized spacial score (nSPS) is 15.9. The van der Waals surface area contributed by atoms with Crippen LogP contribution in [0.3, 0.4) is 0 Å². The van der Waals surface area contributed by atoms with E-state index in [-0.39, 0.29) is 16.1 Å². The molecule has 2 N–H and O–H groups in total. The molecule has 0 atom stereocenters. The van der Waals surface area contributed by atoms with E-state index in [0.717, 1.165) is 19.2 Å². The first-order valence-electron chi connectivity index (χ1n) is 9.29. The first-order valence-corrected chi connectivity index (χ1v) is 10.7. The van der Waals surface area contributed by atoms with Crippen LogP contribution in [0.15, 0.2) is 41.3 Å². The minimum atomic E-state index is -3.69. The third kappa shape index (κ3) is 4.58. The maximum atomic E-state index is 13.8. The molecular weight excluding hydrogens is 397 g/mol. The van der Waals surface area contributed by atoms with Gasteiger partial charge in [-0.1, -0.05) is 6.07 Å². The number of amides is 1. The van der Waals surface area contributed by atoms with Crippen LogP contribution in [0.4, 0.5) is 10.1 Å². The molecule has 1 amide bonds. The zero-order valence-corrected chi connectivity index (χ0v) is 17.5. The quantitative estimate of drug-likeness (QED) is 0.751. The SMILES string of the molecule is COc1ccc(S(=O)(=O)N2CC[NH+](C)CC2)cc1NC(=O)c1ccc(C)c(F)c1. The van der Waals surface area contributed by atoms with Gasteiger partial charge in [0.2, 0.25) is 10.0 Å². The van der Waals surface area contributed by atoms with Crippen LogP contribution in [0.25, 0.3) is 0 Å². The van der Waals surface area contributed by atoms with E-state index in [4.69, 9.17) is 4.74 Å². The minimum absolute atomic E-state index is 0.0724. The molecule has 1 heterocycles. The maximum Gasteiger partial charge on any atom is 0.255 e. The summed E-state index contributed by atoms with van der Waals surface area (Å²) in [6.45, 7) is 3.94. The number of methoxy groups -OCH3 is 1. The van der Waals surface area contributed by atoms with Gasteiger partial charge < -0.3 is 15.0 Å². The molecule has 0 saturated carbocycles. The lowest BCUT2D eigenvalue weighted by Crippen LogP contribution is -3.12. The molecule has 1 saturated heterocycles. The number of carbonyl (C=O) groups is 1. The molecule has 2 aromatic rings. The Balaban J connectivity index is 1.88. The summed E-state index contributed by atoms with van der Waals surface area (Å²) in [5.74, 6) is -0.731. The van der Waals surface area contributed by atoms with Gasteiger partial charge in [-0.25, -0.2) is 12.8 Å². The van der Waals surface area contributed by atoms with Gasteiger partial charge in [0.1, 0.15) is 11.6 Å². The highest BCUT2D eigenvalue weighted by molar-refractivity contribution is 7.89. The van der Waals surface area contributed by atoms with Gasteiger partial charge in [-0.3, -0.25) is 4.79 Å². The molecule has 156 valence electrons. The number of hydrogen-bond donors (Lipinski definition) is 2. The Morgan fingerprint density at radius 2 is 1.86 bits per heavy atom. The molecule has 0 bridgehead atoms. The lowest BCUT2D eigenvalue weighted by molar-refractivity contribution is -0.883. The van der Waals surface area contributed by atoms with E-state index >= 15 is 0 Å². The van der Waals surface area contributed by atoms with Crippen LogP contribution in [0.1, 0.15) is 15.9 Å². The van der Waals surface area contributed by atoms with E-state index in [1.54, 1.807) is 6.92 Å². The van der Waals surface area contributed by atoms with Gasteiger partial charge >= 0.3 is 0 Å². The standard InChI is InChI=1S/C20H24FN3O4S/c1-14-4-5-15(12-17(14)21)20(25)22-18-13-16(6-7-19(18)28-3)29(26,27)24-10-8-23(2)9-11-24/h4-7,12-13H,8-11H2,1-3H3,(H,22,25)/p+1. The Bertz CT molecular complexity index is 1020. The topological polar surface area (TPSA) is 80.2 Å². The molecule has 3 rings (SSSR count). The molecule has 1 fully saturated rings. The third-order valence-corrected chi connectivity index (χ3v) is 6.96. The summed E-state index contributed by atoms with van der Waals surface area (Å²) in [5, 5.41) is 2.63. The predicted molar refractivity (Wildman–Crippen MR) is 107 cm³/mol. The average Bonchev–Trinajstić information content (AvgIpc) is 2.70. The molecule has 9 heteroatoms. The maximum absolute atomic E-state index is 13.8. The summed E-state index contributed by atoms with van der Waals surface area (Å²) in [6, 6.07) is 8.50. The highest BCUT2D eigenvalue weighted by Gasteiger charge is 2.30. The molecule has 0 spiro atoms. The van der Waals surface area contributed by atoms with Crippen molar-refractivity contribution in [2.24, 2.45) is 0 Å². The Kier molecular flexibility index (Phi) is 6.21. The Morgan fingerprint density at radius 1 is 1.17 bits per heavy atom. The molecule has 1 aliphatic rings. The van der Waals surface area contributed by atoms with Gasteiger partial charge in [-0.05, 0) is 42.8 Å². The van der Waals surface area contributed by atoms with Gasteiger partial charge in [0.25, 0.3) is 5.91 Å². The van der Waals surface area contributed by atoms with Crippen molar-refractivity contribution < 1.29 is 27.2 Å². The second-order valence-electron chi connectivity index (χ2n) is 7.14. The number of halogens is 1. The van der Waals surface area contributed by atoms with Gasteiger partial charge in [-0.2, -0.15) is 4.31 Å². The van der Waals surface area contributed by atoms with Crippen LogP contribution >= 0.6 is 0 Å². The number of hydrogen-bond acceptors (Lipinski definition) is 4. The largest absolute Gasteiger partial charge is 0.495 e. The van der Waals surface area contributed by atoms with E-state index in [9.17, 15) is 17.6 Å². The monoisotopic (exact) mass is 422 g/mol. The summed E-state index contributed by atoms with van der Waals surface area (Å²) in [4.78, 5) is 13.9. The number of ether oxygens (including phenoxy) is 1. The van der Waals surface area contributed by atoms with Crippen LogP contribution in [0.2, 0.25) is 0 Å². The van der Waals surface area contributed by atoms with Gasteiger partial charge in [0.15, 0.2) is 0 Å². The van der Waals surface area contributed by atoms with Crippen molar-refractivity contribution >= 4 is 21.6 Å². The number of nitrogens with one attached hydrogen (secondary N) is 2. The summed E-state index contributed by atoms with van der Waals surface area (Å²) < 4.78 is 46.5. The van der Waals surface area contributed by atoms with Crippen molar-refractivity contribution in [2.45, 2.75) is 11.8 Å². The van der Waals surface area contributed by atoms with Gasteiger partial charge in [0.05, 0.1) is 50.9 Å². The molecule has 0 radical (unpaired) electrons. The molecule has 7 nitrogen and oxygen atoms in total. The van der Waals surface area contributed by atoms with Crippen molar-refractivity contribution in [1.82, 2.24) is 4.31 Å². The van der Waals surface area contributed by atoms with Crippen molar-refractivity contribution in [3.8, 4) is 5.75 Å². The van der Waals surface area contributed by atoms with Crippen molar-refractivity contribution in [1.29, 1.82) is 0 Å². The molecule has 2 aromatic carbocycles. The number of quaternary nitrogens is 1. The number of piperazine rings is 1. The number of carbonyl (C=O) groups excluding carboxylic acids is 1. The molecule has 0 aliphatic carbocycles. The minimum Gasteiger partial charge on any atom is -0.495 e. The second-order valence-corrected chi connectivity index (χ2v) is 9.08. The van der Waals surface area contributed by atoms with Crippen molar-refractivity contribution in [3.63, 3.8) is 0 Å². The zero-order valence-electron chi connectivity index (χ0n) is 16.7. The number of rotatable bonds is 5. The first-order chi connectivity index (χ1) is 13.7. The van der Waals surface area contributed by atoms with E-state index in [1.807, 2.05) is 7.05 Å². The zero-order chi connectivity index (χ0) is 21.2. The fourth-order valence-electron chi connectivity index (χ4n) is 3.13. The fraction of sp³-hybridized carbons (Fsp3) is 0.350. The number of anilines is 1. The van der Waals surface area contributed by atoms with E-state index in [2.05, 4.69) is 5.32 Å². The number of benzene rings is 2. The summed E-state index contributed by atoms with van der Waals surface area (Å²) >= 11 is 0. The van der Waals surface area contributed by atoms with Gasteiger partial charge in [-0.15, -0.1) is 0 Å². The lowest BCUT2D eigenvalue weighted by Gasteiger charge is -2.29. The summed E-state index contributed by atoms with van der Waals surface area (Å²) in [5.41, 5.74) is 0.769. The predicted octanol–water partition coefficient (Wildman–Crippen LogP) is 0.914. The molecule has 0 aromatic heterocycles. The molecular formula is C20H25FN3O4S+. The number of likely N-dealkylation sites (N-methyl/N-ethyl adjacent to an activating group) is 1. The van der Waals surface area contributed by atoms with Crippen LogP contribution in [-0.2, 0) is 10.0 Å². The molecule has 29 heavy (non-hydrogen) atoms. The second kappa shape index (κ2) is 8.48. The lowest BCUT2D eigenvalue weighted by atomic mass is 10.1. The fourth-order valence-corrected chi connectivity index (χ4v) is 4.60. The van der Waals surface area contributed by atoms with Crippen molar-refractivity contribution in [3.05, 3.63) is 53.3 Å². The average molecular weight is 423 g/mol. The molecule has 0 unspecified atom stereocenters.